The van der Waals surface area contributed by atoms with Crippen molar-refractivity contribution in [3.8, 4) is 0 Å². The van der Waals surface area contributed by atoms with Crippen LogP contribution in [0.2, 0.25) is 0 Å². The molecule has 0 amide bonds. The molecule has 3 fully saturated rings. The maximum atomic E-state index is 10.6. The molecule has 1 aliphatic carbocycles. The number of alkyl halides is 6. The van der Waals surface area contributed by atoms with Gasteiger partial charge < -0.3 is 15.1 Å². The van der Waals surface area contributed by atoms with Gasteiger partial charge in [-0.05, 0) is 87.5 Å². The lowest BCUT2D eigenvalue weighted by molar-refractivity contribution is -0.193. The monoisotopic (exact) mass is 532 g/mol. The minimum atomic E-state index is -5.08. The zero-order valence-electron chi connectivity index (χ0n) is 19.1. The third kappa shape index (κ3) is 10.7. The summed E-state index contributed by atoms with van der Waals surface area (Å²) in [6.45, 7) is 7.98. The normalized spacial score (nSPS) is 20.9. The third-order valence-corrected chi connectivity index (χ3v) is 7.35. The summed E-state index contributed by atoms with van der Waals surface area (Å²) in [6.07, 6.45) is -1.36. The summed E-state index contributed by atoms with van der Waals surface area (Å²) >= 11 is 1.91. The Balaban J connectivity index is 0.000000257. The van der Waals surface area contributed by atoms with Crippen molar-refractivity contribution in [3.05, 3.63) is 22.4 Å². The number of piperidine rings is 2. The second-order valence-electron chi connectivity index (χ2n) is 9.21. The molecular formula is C22H30F6N2O4S. The van der Waals surface area contributed by atoms with Crippen LogP contribution in [-0.4, -0.2) is 77.0 Å². The van der Waals surface area contributed by atoms with Gasteiger partial charge in [-0.3, -0.25) is 4.90 Å². The second kappa shape index (κ2) is 12.4. The number of aliphatic carboxylic acids is 2. The lowest BCUT2D eigenvalue weighted by Gasteiger charge is -2.47. The average Bonchev–Trinajstić information content (AvgIpc) is 3.43. The van der Waals surface area contributed by atoms with Crippen LogP contribution in [0.15, 0.2) is 17.5 Å². The van der Waals surface area contributed by atoms with Gasteiger partial charge in [0.2, 0.25) is 0 Å². The average molecular weight is 533 g/mol. The van der Waals surface area contributed by atoms with Gasteiger partial charge in [-0.2, -0.15) is 26.3 Å². The first-order valence-corrected chi connectivity index (χ1v) is 12.2. The molecule has 6 nitrogen and oxygen atoms in total. The largest absolute Gasteiger partial charge is 0.490 e. The number of nitrogens with zero attached hydrogens (tertiary/aromatic N) is 2. The molecule has 200 valence electrons. The van der Waals surface area contributed by atoms with E-state index in [1.807, 2.05) is 11.3 Å². The number of thiophene rings is 1. The Labute approximate surface area is 203 Å². The molecule has 0 radical (unpaired) electrons. The number of carboxylic acid groups (broad SMARTS) is 2. The summed E-state index contributed by atoms with van der Waals surface area (Å²) in [6, 6.07) is 4.46. The van der Waals surface area contributed by atoms with Crippen molar-refractivity contribution in [2.24, 2.45) is 11.3 Å². The number of carbonyl (C=O) groups is 2. The Bertz CT molecular complexity index is 770. The van der Waals surface area contributed by atoms with Crippen LogP contribution in [0.1, 0.15) is 43.4 Å². The summed E-state index contributed by atoms with van der Waals surface area (Å²) < 4.78 is 63.5. The fourth-order valence-corrected chi connectivity index (χ4v) is 4.93. The minimum absolute atomic E-state index is 0.700. The van der Waals surface area contributed by atoms with Gasteiger partial charge in [0, 0.05) is 18.0 Å². The number of hydrogen-bond donors (Lipinski definition) is 2. The van der Waals surface area contributed by atoms with E-state index in [2.05, 4.69) is 27.3 Å². The van der Waals surface area contributed by atoms with Gasteiger partial charge >= 0.3 is 24.3 Å². The molecule has 0 unspecified atom stereocenters. The molecule has 2 N–H and O–H groups in total. The van der Waals surface area contributed by atoms with Crippen LogP contribution in [0.4, 0.5) is 26.3 Å². The van der Waals surface area contributed by atoms with Crippen LogP contribution < -0.4 is 0 Å². The molecule has 2 aliphatic heterocycles. The van der Waals surface area contributed by atoms with E-state index in [9.17, 15) is 26.3 Å². The lowest BCUT2D eigenvalue weighted by Crippen LogP contribution is -2.46. The third-order valence-electron chi connectivity index (χ3n) is 6.49. The van der Waals surface area contributed by atoms with Crippen molar-refractivity contribution in [2.45, 2.75) is 57.4 Å². The predicted molar refractivity (Wildman–Crippen MR) is 117 cm³/mol. The predicted octanol–water partition coefficient (Wildman–Crippen LogP) is 5.10. The standard InChI is InChI=1S/C18H28N2S.2C2HF3O2/c1-2-17(21-13-1)15-20-11-7-18(8-12-20)5-9-19(10-6-18)14-16-3-4-16;2*3-2(4,5)1(6)7/h1-2,13,16H,3-12,14-15H2;2*(H,6,7). The molecule has 1 aromatic rings. The van der Waals surface area contributed by atoms with Crippen LogP contribution in [0.3, 0.4) is 0 Å². The van der Waals surface area contributed by atoms with E-state index in [0.717, 1.165) is 5.92 Å². The van der Waals surface area contributed by atoms with Gasteiger partial charge in [0.15, 0.2) is 0 Å². The quantitative estimate of drug-likeness (QED) is 0.525. The highest BCUT2D eigenvalue weighted by Gasteiger charge is 2.39. The van der Waals surface area contributed by atoms with E-state index >= 15 is 0 Å². The summed E-state index contributed by atoms with van der Waals surface area (Å²) in [7, 11) is 0. The molecule has 1 aromatic heterocycles. The summed E-state index contributed by atoms with van der Waals surface area (Å²) in [5.74, 6) is -4.45. The van der Waals surface area contributed by atoms with Gasteiger partial charge in [0.05, 0.1) is 0 Å². The number of carboxylic acids is 2. The zero-order valence-corrected chi connectivity index (χ0v) is 19.9. The zero-order chi connectivity index (χ0) is 26.3. The highest BCUT2D eigenvalue weighted by atomic mass is 32.1. The molecule has 0 aromatic carbocycles. The first kappa shape index (κ1) is 29.4. The highest BCUT2D eigenvalue weighted by Crippen LogP contribution is 2.42. The molecule has 2 saturated heterocycles. The number of rotatable bonds is 4. The van der Waals surface area contributed by atoms with E-state index in [-0.39, 0.29) is 0 Å². The van der Waals surface area contributed by atoms with Crippen molar-refractivity contribution < 1.29 is 46.1 Å². The first-order valence-electron chi connectivity index (χ1n) is 11.3. The van der Waals surface area contributed by atoms with Crippen molar-refractivity contribution in [3.63, 3.8) is 0 Å². The van der Waals surface area contributed by atoms with Crippen molar-refractivity contribution in [2.75, 3.05) is 32.7 Å². The SMILES string of the molecule is O=C(O)C(F)(F)F.O=C(O)C(F)(F)F.c1csc(CN2CCC3(CC2)CCN(CC2CC2)CC3)c1. The van der Waals surface area contributed by atoms with E-state index in [1.54, 1.807) is 0 Å². The Hall–Kier alpha value is -1.86. The molecule has 13 heteroatoms. The maximum Gasteiger partial charge on any atom is 0.490 e. The molecule has 3 aliphatic rings. The molecule has 3 heterocycles. The molecule has 0 bridgehead atoms. The Morgan fingerprint density at radius 1 is 0.886 bits per heavy atom. The number of halogens is 6. The maximum absolute atomic E-state index is 10.6. The van der Waals surface area contributed by atoms with Gasteiger partial charge in [-0.1, -0.05) is 6.07 Å². The van der Waals surface area contributed by atoms with Crippen LogP contribution in [-0.2, 0) is 16.1 Å². The Morgan fingerprint density at radius 2 is 1.31 bits per heavy atom. The first-order chi connectivity index (χ1) is 16.2. The van der Waals surface area contributed by atoms with E-state index in [4.69, 9.17) is 19.8 Å². The van der Waals surface area contributed by atoms with Gasteiger partial charge in [-0.25, -0.2) is 9.59 Å². The van der Waals surface area contributed by atoms with Crippen LogP contribution in [0.25, 0.3) is 0 Å². The molecule has 1 saturated carbocycles. The summed E-state index contributed by atoms with van der Waals surface area (Å²) in [5.41, 5.74) is 0.700. The van der Waals surface area contributed by atoms with E-state index in [1.165, 1.54) is 82.7 Å². The van der Waals surface area contributed by atoms with Gasteiger partial charge in [0.25, 0.3) is 0 Å². The van der Waals surface area contributed by atoms with E-state index in [0.29, 0.717) is 5.41 Å². The molecular weight excluding hydrogens is 502 g/mol. The second-order valence-corrected chi connectivity index (χ2v) is 10.2. The minimum Gasteiger partial charge on any atom is -0.475 e. The molecule has 4 rings (SSSR count). The van der Waals surface area contributed by atoms with Crippen LogP contribution in [0, 0.1) is 11.3 Å². The highest BCUT2D eigenvalue weighted by molar-refractivity contribution is 7.09. The number of likely N-dealkylation sites (tertiary alicyclic amines) is 2. The fraction of sp³-hybridized carbons (Fsp3) is 0.727. The van der Waals surface area contributed by atoms with Crippen LogP contribution in [0.5, 0.6) is 0 Å². The molecule has 35 heavy (non-hydrogen) atoms. The van der Waals surface area contributed by atoms with Crippen molar-refractivity contribution >= 4 is 23.3 Å². The Morgan fingerprint density at radius 3 is 1.66 bits per heavy atom. The fourth-order valence-electron chi connectivity index (χ4n) is 4.18. The summed E-state index contributed by atoms with van der Waals surface area (Å²) in [4.78, 5) is 24.7. The van der Waals surface area contributed by atoms with Crippen molar-refractivity contribution in [1.29, 1.82) is 0 Å². The smallest absolute Gasteiger partial charge is 0.475 e. The van der Waals surface area contributed by atoms with E-state index < -0.39 is 24.3 Å². The Kier molecular flexibility index (Phi) is 10.4. The van der Waals surface area contributed by atoms with Crippen LogP contribution >= 0.6 is 11.3 Å². The number of hydrogen-bond acceptors (Lipinski definition) is 5. The lowest BCUT2D eigenvalue weighted by atomic mass is 9.71. The topological polar surface area (TPSA) is 81.1 Å². The van der Waals surface area contributed by atoms with Gasteiger partial charge in [-0.15, -0.1) is 11.3 Å². The van der Waals surface area contributed by atoms with Gasteiger partial charge in [0.1, 0.15) is 0 Å². The molecule has 1 spiro atoms. The molecule has 0 atom stereocenters. The summed E-state index contributed by atoms with van der Waals surface area (Å²) in [5, 5.41) is 16.5. The van der Waals surface area contributed by atoms with Crippen molar-refractivity contribution in [1.82, 2.24) is 9.80 Å².